The average molecular weight is 360 g/mol. The van der Waals surface area contributed by atoms with E-state index in [1.807, 2.05) is 12.3 Å². The van der Waals surface area contributed by atoms with Crippen molar-refractivity contribution in [3.63, 3.8) is 0 Å². The Morgan fingerprint density at radius 2 is 2.00 bits per heavy atom. The maximum atomic E-state index is 11.4. The molecule has 2 aromatic rings. The van der Waals surface area contributed by atoms with Crippen molar-refractivity contribution in [1.82, 2.24) is 29.4 Å². The molecule has 2 aliphatic heterocycles. The third kappa shape index (κ3) is 3.46. The zero-order valence-corrected chi connectivity index (χ0v) is 15.6. The minimum atomic E-state index is -0.686. The Morgan fingerprint density at radius 1 is 1.19 bits per heavy atom. The van der Waals surface area contributed by atoms with Gasteiger partial charge in [-0.15, -0.1) is 5.10 Å². The number of hydrogen-bond donors (Lipinski definition) is 1. The lowest BCUT2D eigenvalue weighted by atomic mass is 9.69. The van der Waals surface area contributed by atoms with Gasteiger partial charge < -0.3 is 9.84 Å². The number of β-amino-alcohol motifs (C(OH)–C–C–N with tert-alkyl or cyclic N) is 1. The van der Waals surface area contributed by atoms with Crippen molar-refractivity contribution < 1.29 is 9.84 Å². The Labute approximate surface area is 153 Å². The Morgan fingerprint density at radius 3 is 2.73 bits per heavy atom. The van der Waals surface area contributed by atoms with E-state index in [1.165, 1.54) is 0 Å². The highest BCUT2D eigenvalue weighted by Gasteiger charge is 2.48. The zero-order valence-electron chi connectivity index (χ0n) is 15.6. The minimum Gasteiger partial charge on any atom is -0.388 e. The number of hydrogen-bond acceptors (Lipinski definition) is 7. The molecule has 1 atom stereocenters. The lowest BCUT2D eigenvalue weighted by Crippen LogP contribution is -2.62. The molecule has 26 heavy (non-hydrogen) atoms. The lowest BCUT2D eigenvalue weighted by molar-refractivity contribution is -0.141. The molecule has 4 rings (SSSR count). The van der Waals surface area contributed by atoms with E-state index in [0.717, 1.165) is 51.6 Å². The number of piperidine rings is 1. The molecule has 0 unspecified atom stereocenters. The number of morpholine rings is 1. The van der Waals surface area contributed by atoms with E-state index in [0.29, 0.717) is 18.9 Å². The van der Waals surface area contributed by atoms with Crippen LogP contribution in [0.2, 0.25) is 0 Å². The number of rotatable bonds is 4. The van der Waals surface area contributed by atoms with Crippen LogP contribution in [0.15, 0.2) is 18.5 Å². The maximum Gasteiger partial charge on any atom is 0.252 e. The SMILES string of the molecule is CC1(C)CN(Cc2nc3ncccn3n2)CC[C@]1(O)CN1CCOCC1. The van der Waals surface area contributed by atoms with Gasteiger partial charge in [0.15, 0.2) is 5.82 Å². The van der Waals surface area contributed by atoms with E-state index in [2.05, 4.69) is 38.7 Å². The van der Waals surface area contributed by atoms with Gasteiger partial charge in [0.2, 0.25) is 0 Å². The van der Waals surface area contributed by atoms with Gasteiger partial charge in [0.25, 0.3) is 5.78 Å². The second-order valence-electron chi connectivity index (χ2n) is 8.16. The van der Waals surface area contributed by atoms with E-state index in [1.54, 1.807) is 10.7 Å². The Hall–Kier alpha value is -1.61. The summed E-state index contributed by atoms with van der Waals surface area (Å²) in [5.74, 6) is 1.40. The molecule has 0 radical (unpaired) electrons. The highest BCUT2D eigenvalue weighted by molar-refractivity contribution is 5.24. The summed E-state index contributed by atoms with van der Waals surface area (Å²) < 4.78 is 7.14. The van der Waals surface area contributed by atoms with Crippen molar-refractivity contribution in [2.75, 3.05) is 45.9 Å². The fourth-order valence-corrected chi connectivity index (χ4v) is 4.07. The van der Waals surface area contributed by atoms with Crippen LogP contribution in [0.5, 0.6) is 0 Å². The number of nitrogens with zero attached hydrogens (tertiary/aromatic N) is 6. The number of ether oxygens (including phenoxy) is 1. The normalized spacial score (nSPS) is 27.8. The van der Waals surface area contributed by atoms with Gasteiger partial charge in [-0.25, -0.2) is 9.50 Å². The van der Waals surface area contributed by atoms with Crippen LogP contribution < -0.4 is 0 Å². The standard InChI is InChI=1S/C18H28N6O2/c1-17(2)13-23(12-15-20-16-19-5-3-6-24(16)21-15)7-4-18(17,25)14-22-8-10-26-11-9-22/h3,5-6,25H,4,7-14H2,1-2H3/t18-/m0/s1. The number of aromatic nitrogens is 4. The molecule has 0 spiro atoms. The van der Waals surface area contributed by atoms with Crippen LogP contribution in [0.25, 0.3) is 5.78 Å². The molecule has 0 bridgehead atoms. The molecular weight excluding hydrogens is 332 g/mol. The highest BCUT2D eigenvalue weighted by Crippen LogP contribution is 2.39. The topological polar surface area (TPSA) is 79.0 Å². The summed E-state index contributed by atoms with van der Waals surface area (Å²) in [7, 11) is 0. The molecule has 2 aromatic heterocycles. The van der Waals surface area contributed by atoms with Crippen LogP contribution in [0.1, 0.15) is 26.1 Å². The van der Waals surface area contributed by atoms with Crippen LogP contribution in [0.3, 0.4) is 0 Å². The number of aliphatic hydroxyl groups is 1. The number of fused-ring (bicyclic) bond motifs is 1. The Bertz CT molecular complexity index is 724. The van der Waals surface area contributed by atoms with E-state index in [9.17, 15) is 5.11 Å². The quantitative estimate of drug-likeness (QED) is 0.846. The van der Waals surface area contributed by atoms with Gasteiger partial charge in [-0.2, -0.15) is 4.98 Å². The van der Waals surface area contributed by atoms with Gasteiger partial charge in [0.1, 0.15) is 0 Å². The summed E-state index contributed by atoms with van der Waals surface area (Å²) in [4.78, 5) is 13.4. The Balaban J connectivity index is 1.42. The van der Waals surface area contributed by atoms with Crippen molar-refractivity contribution in [2.45, 2.75) is 32.4 Å². The molecule has 0 saturated carbocycles. The first-order chi connectivity index (χ1) is 12.5. The molecule has 2 fully saturated rings. The van der Waals surface area contributed by atoms with Crippen LogP contribution >= 0.6 is 0 Å². The largest absolute Gasteiger partial charge is 0.388 e. The van der Waals surface area contributed by atoms with Crippen molar-refractivity contribution >= 4 is 5.78 Å². The third-order valence-electron chi connectivity index (χ3n) is 5.83. The average Bonchev–Trinajstić information content (AvgIpc) is 3.01. The zero-order chi connectivity index (χ0) is 18.2. The predicted octanol–water partition coefficient (Wildman–Crippen LogP) is 0.420. The second kappa shape index (κ2) is 6.84. The summed E-state index contributed by atoms with van der Waals surface area (Å²) >= 11 is 0. The summed E-state index contributed by atoms with van der Waals surface area (Å²) in [5.41, 5.74) is -0.893. The fraction of sp³-hybridized carbons (Fsp3) is 0.722. The molecule has 2 saturated heterocycles. The summed E-state index contributed by atoms with van der Waals surface area (Å²) in [6.45, 7) is 10.7. The first-order valence-electron chi connectivity index (χ1n) is 9.36. The van der Waals surface area contributed by atoms with Gasteiger partial charge in [-0.3, -0.25) is 9.80 Å². The second-order valence-corrected chi connectivity index (χ2v) is 8.16. The Kier molecular flexibility index (Phi) is 4.68. The van der Waals surface area contributed by atoms with Crippen LogP contribution in [0, 0.1) is 5.41 Å². The van der Waals surface area contributed by atoms with Crippen molar-refractivity contribution in [3.8, 4) is 0 Å². The molecule has 0 aliphatic carbocycles. The van der Waals surface area contributed by atoms with Gasteiger partial charge in [-0.1, -0.05) is 13.8 Å². The fourth-order valence-electron chi connectivity index (χ4n) is 4.07. The third-order valence-corrected chi connectivity index (χ3v) is 5.83. The molecule has 142 valence electrons. The smallest absolute Gasteiger partial charge is 0.252 e. The predicted molar refractivity (Wildman–Crippen MR) is 96.7 cm³/mol. The highest BCUT2D eigenvalue weighted by atomic mass is 16.5. The van der Waals surface area contributed by atoms with Gasteiger partial charge in [0, 0.05) is 50.5 Å². The summed E-state index contributed by atoms with van der Waals surface area (Å²) in [5, 5.41) is 15.9. The molecule has 1 N–H and O–H groups in total. The van der Waals surface area contributed by atoms with Crippen LogP contribution in [0.4, 0.5) is 0 Å². The molecule has 4 heterocycles. The van der Waals surface area contributed by atoms with Crippen molar-refractivity contribution in [1.29, 1.82) is 0 Å². The minimum absolute atomic E-state index is 0.207. The lowest BCUT2D eigenvalue weighted by Gasteiger charge is -2.52. The van der Waals surface area contributed by atoms with Crippen LogP contribution in [-0.4, -0.2) is 86.0 Å². The molecule has 0 aromatic carbocycles. The molecule has 8 nitrogen and oxygen atoms in total. The molecule has 2 aliphatic rings. The van der Waals surface area contributed by atoms with E-state index in [4.69, 9.17) is 4.74 Å². The van der Waals surface area contributed by atoms with E-state index < -0.39 is 5.60 Å². The van der Waals surface area contributed by atoms with E-state index >= 15 is 0 Å². The summed E-state index contributed by atoms with van der Waals surface area (Å²) in [6.07, 6.45) is 4.34. The van der Waals surface area contributed by atoms with Gasteiger partial charge >= 0.3 is 0 Å². The monoisotopic (exact) mass is 360 g/mol. The first-order valence-corrected chi connectivity index (χ1v) is 9.36. The molecule has 8 heteroatoms. The van der Waals surface area contributed by atoms with Crippen LogP contribution in [-0.2, 0) is 11.3 Å². The summed E-state index contributed by atoms with van der Waals surface area (Å²) in [6, 6.07) is 1.85. The van der Waals surface area contributed by atoms with Crippen molar-refractivity contribution in [3.05, 3.63) is 24.3 Å². The maximum absolute atomic E-state index is 11.4. The molecule has 0 amide bonds. The first kappa shape index (κ1) is 17.8. The van der Waals surface area contributed by atoms with Gasteiger partial charge in [0.05, 0.1) is 25.4 Å². The molecular formula is C18H28N6O2. The van der Waals surface area contributed by atoms with Crippen molar-refractivity contribution in [2.24, 2.45) is 5.41 Å². The van der Waals surface area contributed by atoms with E-state index in [-0.39, 0.29) is 5.41 Å². The number of likely N-dealkylation sites (tertiary alicyclic amines) is 1. The van der Waals surface area contributed by atoms with Gasteiger partial charge in [-0.05, 0) is 12.5 Å².